The molecule has 6 heteroatoms. The van der Waals surface area contributed by atoms with Gasteiger partial charge in [-0.1, -0.05) is 49.6 Å². The summed E-state index contributed by atoms with van der Waals surface area (Å²) in [6.45, 7) is 0.581. The summed E-state index contributed by atoms with van der Waals surface area (Å²) in [6, 6.07) is 11.1. The molecule has 0 radical (unpaired) electrons. The lowest BCUT2D eigenvalue weighted by Gasteiger charge is -2.39. The van der Waals surface area contributed by atoms with E-state index in [1.807, 2.05) is 30.3 Å². The van der Waals surface area contributed by atoms with Crippen molar-refractivity contribution in [2.75, 3.05) is 13.2 Å². The lowest BCUT2D eigenvalue weighted by Crippen LogP contribution is -2.37. The van der Waals surface area contributed by atoms with Crippen molar-refractivity contribution in [1.82, 2.24) is 15.3 Å². The lowest BCUT2D eigenvalue weighted by molar-refractivity contribution is -0.123. The van der Waals surface area contributed by atoms with Crippen LogP contribution in [0.2, 0.25) is 0 Å². The zero-order valence-corrected chi connectivity index (χ0v) is 16.0. The van der Waals surface area contributed by atoms with Crippen molar-refractivity contribution >= 4 is 5.91 Å². The van der Waals surface area contributed by atoms with Crippen LogP contribution in [0.1, 0.15) is 38.5 Å². The van der Waals surface area contributed by atoms with Crippen LogP contribution in [-0.4, -0.2) is 29.0 Å². The largest absolute Gasteiger partial charge is 0.467 e. The summed E-state index contributed by atoms with van der Waals surface area (Å²) in [5.74, 6) is 2.27. The molecule has 1 amide bonds. The number of benzene rings is 1. The Kier molecular flexibility index (Phi) is 5.74. The molecule has 2 aromatic rings. The standard InChI is InChI=1S/C22H27N3O3/c26-20(23-13-17-10-15-5-4-6-16(9-15)11-17)14-28-21-12-19(24-22(27)25-21)18-7-2-1-3-8-18/h1-3,7-8,12,15-17H,4-6,9-11,13-14H2,(H,23,26)(H,24,25,27). The topological polar surface area (TPSA) is 84.1 Å². The van der Waals surface area contributed by atoms with Crippen LogP contribution in [0.25, 0.3) is 11.3 Å². The smallest absolute Gasteiger partial charge is 0.348 e. The number of rotatable bonds is 6. The third-order valence-corrected chi connectivity index (χ3v) is 5.97. The average molecular weight is 381 g/mol. The summed E-state index contributed by atoms with van der Waals surface area (Å²) in [5.41, 5.74) is 0.981. The summed E-state index contributed by atoms with van der Waals surface area (Å²) in [5, 5.41) is 3.00. The van der Waals surface area contributed by atoms with E-state index in [1.54, 1.807) is 6.07 Å². The van der Waals surface area contributed by atoms with E-state index in [-0.39, 0.29) is 18.4 Å². The highest BCUT2D eigenvalue weighted by molar-refractivity contribution is 5.77. The van der Waals surface area contributed by atoms with Crippen molar-refractivity contribution in [3.8, 4) is 17.1 Å². The number of ether oxygens (including phenoxy) is 1. The Morgan fingerprint density at radius 1 is 1.14 bits per heavy atom. The Bertz CT molecular complexity index is 853. The number of aromatic nitrogens is 2. The minimum Gasteiger partial charge on any atom is -0.467 e. The first-order valence-electron chi connectivity index (χ1n) is 10.2. The van der Waals surface area contributed by atoms with E-state index in [2.05, 4.69) is 15.3 Å². The van der Waals surface area contributed by atoms with E-state index in [0.717, 1.165) is 17.4 Å². The van der Waals surface area contributed by atoms with Gasteiger partial charge in [0.05, 0.1) is 5.69 Å². The number of carbonyl (C=O) groups excluding carboxylic acids is 1. The number of hydrogen-bond donors (Lipinski definition) is 2. The molecule has 2 bridgehead atoms. The highest BCUT2D eigenvalue weighted by Gasteiger charge is 2.31. The van der Waals surface area contributed by atoms with Crippen LogP contribution in [0.4, 0.5) is 0 Å². The van der Waals surface area contributed by atoms with E-state index in [1.165, 1.54) is 38.5 Å². The van der Waals surface area contributed by atoms with Gasteiger partial charge in [0.15, 0.2) is 6.61 Å². The molecule has 1 heterocycles. The van der Waals surface area contributed by atoms with Crippen LogP contribution in [0.3, 0.4) is 0 Å². The normalized spacial score (nSPS) is 23.8. The Balaban J connectivity index is 1.29. The molecule has 0 saturated heterocycles. The van der Waals surface area contributed by atoms with Crippen LogP contribution in [0, 0.1) is 17.8 Å². The second-order valence-electron chi connectivity index (χ2n) is 8.13. The Morgan fingerprint density at radius 3 is 2.64 bits per heavy atom. The van der Waals surface area contributed by atoms with Gasteiger partial charge in [-0.3, -0.25) is 4.79 Å². The molecule has 2 atom stereocenters. The number of nitrogens with zero attached hydrogens (tertiary/aromatic N) is 1. The lowest BCUT2D eigenvalue weighted by atomic mass is 9.68. The fraction of sp³-hybridized carbons (Fsp3) is 0.500. The summed E-state index contributed by atoms with van der Waals surface area (Å²) < 4.78 is 5.48. The third kappa shape index (κ3) is 4.80. The SMILES string of the molecule is O=C(COc1cc(-c2ccccc2)[nH]c(=O)n1)NCC1CC2CCCC(C2)C1. The Hall–Kier alpha value is -2.63. The van der Waals surface area contributed by atoms with E-state index in [9.17, 15) is 9.59 Å². The molecule has 2 unspecified atom stereocenters. The summed E-state index contributed by atoms with van der Waals surface area (Å²) in [7, 11) is 0. The predicted molar refractivity (Wildman–Crippen MR) is 107 cm³/mol. The molecule has 1 aromatic carbocycles. The number of amides is 1. The van der Waals surface area contributed by atoms with Gasteiger partial charge in [0.25, 0.3) is 5.91 Å². The van der Waals surface area contributed by atoms with Crippen LogP contribution < -0.4 is 15.7 Å². The molecule has 148 valence electrons. The summed E-state index contributed by atoms with van der Waals surface area (Å²) in [4.78, 5) is 30.5. The van der Waals surface area contributed by atoms with E-state index >= 15 is 0 Å². The number of nitrogens with one attached hydrogen (secondary N) is 2. The van der Waals surface area contributed by atoms with Crippen molar-refractivity contribution in [2.24, 2.45) is 17.8 Å². The van der Waals surface area contributed by atoms with Gasteiger partial charge in [-0.2, -0.15) is 4.98 Å². The molecule has 2 aliphatic carbocycles. The molecule has 2 fully saturated rings. The molecular formula is C22H27N3O3. The fourth-order valence-electron chi connectivity index (χ4n) is 4.77. The van der Waals surface area contributed by atoms with Crippen LogP contribution in [0.15, 0.2) is 41.2 Å². The minimum absolute atomic E-state index is 0.135. The van der Waals surface area contributed by atoms with Crippen LogP contribution in [-0.2, 0) is 4.79 Å². The van der Waals surface area contributed by atoms with Gasteiger partial charge in [0.2, 0.25) is 5.88 Å². The minimum atomic E-state index is -0.495. The monoisotopic (exact) mass is 381 g/mol. The first-order valence-corrected chi connectivity index (χ1v) is 10.2. The van der Waals surface area contributed by atoms with Crippen molar-refractivity contribution in [2.45, 2.75) is 38.5 Å². The van der Waals surface area contributed by atoms with Gasteiger partial charge < -0.3 is 15.0 Å². The predicted octanol–water partition coefficient (Wildman–Crippen LogP) is 3.15. The van der Waals surface area contributed by atoms with Crippen molar-refractivity contribution in [1.29, 1.82) is 0 Å². The van der Waals surface area contributed by atoms with Gasteiger partial charge in [0.1, 0.15) is 0 Å². The molecule has 0 spiro atoms. The fourth-order valence-corrected chi connectivity index (χ4v) is 4.77. The van der Waals surface area contributed by atoms with E-state index in [4.69, 9.17) is 4.74 Å². The maximum absolute atomic E-state index is 12.2. The molecule has 28 heavy (non-hydrogen) atoms. The number of carbonyl (C=O) groups is 1. The second kappa shape index (κ2) is 8.59. The second-order valence-corrected chi connectivity index (χ2v) is 8.13. The number of H-pyrrole nitrogens is 1. The van der Waals surface area contributed by atoms with Crippen molar-refractivity contribution in [3.05, 3.63) is 46.9 Å². The number of hydrogen-bond acceptors (Lipinski definition) is 4. The number of fused-ring (bicyclic) bond motifs is 2. The average Bonchev–Trinajstić information content (AvgIpc) is 2.71. The van der Waals surface area contributed by atoms with E-state index < -0.39 is 5.69 Å². The van der Waals surface area contributed by atoms with E-state index in [0.29, 0.717) is 18.2 Å². The molecular weight excluding hydrogens is 354 g/mol. The Morgan fingerprint density at radius 2 is 1.89 bits per heavy atom. The zero-order valence-electron chi connectivity index (χ0n) is 16.0. The summed E-state index contributed by atoms with van der Waals surface area (Å²) in [6.07, 6.45) is 7.91. The van der Waals surface area contributed by atoms with Gasteiger partial charge in [-0.25, -0.2) is 4.79 Å². The molecule has 6 nitrogen and oxygen atoms in total. The molecule has 2 saturated carbocycles. The molecule has 0 aliphatic heterocycles. The van der Waals surface area contributed by atoms with Gasteiger partial charge in [-0.15, -0.1) is 0 Å². The van der Waals surface area contributed by atoms with Crippen LogP contribution in [0.5, 0.6) is 5.88 Å². The van der Waals surface area contributed by atoms with Gasteiger partial charge in [-0.05, 0) is 42.6 Å². The van der Waals surface area contributed by atoms with Crippen LogP contribution >= 0.6 is 0 Å². The zero-order chi connectivity index (χ0) is 19.3. The first kappa shape index (κ1) is 18.7. The molecule has 1 aromatic heterocycles. The molecule has 4 rings (SSSR count). The molecule has 2 aliphatic rings. The maximum Gasteiger partial charge on any atom is 0.348 e. The molecule has 2 N–H and O–H groups in total. The Labute approximate surface area is 164 Å². The van der Waals surface area contributed by atoms with Crippen molar-refractivity contribution in [3.63, 3.8) is 0 Å². The van der Waals surface area contributed by atoms with Crippen molar-refractivity contribution < 1.29 is 9.53 Å². The van der Waals surface area contributed by atoms with Gasteiger partial charge in [0, 0.05) is 12.6 Å². The highest BCUT2D eigenvalue weighted by Crippen LogP contribution is 2.42. The summed E-state index contributed by atoms with van der Waals surface area (Å²) >= 11 is 0. The first-order chi connectivity index (χ1) is 13.7. The quantitative estimate of drug-likeness (QED) is 0.805. The maximum atomic E-state index is 12.2. The third-order valence-electron chi connectivity index (χ3n) is 5.97. The highest BCUT2D eigenvalue weighted by atomic mass is 16.5. The number of aromatic amines is 1. The van der Waals surface area contributed by atoms with Gasteiger partial charge >= 0.3 is 5.69 Å².